The van der Waals surface area contributed by atoms with Gasteiger partial charge < -0.3 is 39.5 Å². The first-order valence-corrected chi connectivity index (χ1v) is 13.8. The summed E-state index contributed by atoms with van der Waals surface area (Å²) in [5.41, 5.74) is 0.147. The van der Waals surface area contributed by atoms with Gasteiger partial charge in [-0.25, -0.2) is 23.7 Å². The number of hydrogen-bond donors (Lipinski definition) is 7. The smallest absolute Gasteiger partial charge is 0.387 e. The maximum absolute atomic E-state index is 13.8. The Balaban J connectivity index is 1.75. The van der Waals surface area contributed by atoms with Crippen LogP contribution in [0.3, 0.4) is 0 Å². The predicted octanol–water partition coefficient (Wildman–Crippen LogP) is 0.592. The molecule has 3 unspecified atom stereocenters. The van der Waals surface area contributed by atoms with Crippen LogP contribution in [-0.4, -0.2) is 69.7 Å². The van der Waals surface area contributed by atoms with Crippen molar-refractivity contribution in [1.29, 1.82) is 0 Å². The molecule has 0 aromatic carbocycles. The zero-order chi connectivity index (χ0) is 25.6. The molecule has 0 aliphatic carbocycles. The number of ether oxygens (including phenoxy) is 1. The van der Waals surface area contributed by atoms with Gasteiger partial charge in [0.25, 0.3) is 0 Å². The van der Waals surface area contributed by atoms with E-state index in [1.807, 2.05) is 0 Å². The molecule has 3 aliphatic heterocycles. The molecule has 1 saturated heterocycles. The fourth-order valence-electron chi connectivity index (χ4n) is 2.91. The molecule has 1 fully saturated rings. The van der Waals surface area contributed by atoms with Gasteiger partial charge in [0.15, 0.2) is 5.82 Å². The van der Waals surface area contributed by atoms with Crippen LogP contribution >= 0.6 is 35.7 Å². The van der Waals surface area contributed by atoms with E-state index < -0.39 is 60.4 Å². The largest absolute Gasteiger partial charge is 0.490 e. The number of aliphatic hydroxyl groups excluding tert-OH is 2. The number of phosphoric ester groups is 1. The third kappa shape index (κ3) is 6.57. The van der Waals surface area contributed by atoms with E-state index in [-0.39, 0.29) is 27.4 Å². The Morgan fingerprint density at radius 2 is 1.76 bits per heavy atom. The van der Waals surface area contributed by atoms with E-state index in [9.17, 15) is 33.2 Å². The van der Waals surface area contributed by atoms with E-state index in [1.54, 1.807) is 0 Å². The van der Waals surface area contributed by atoms with Gasteiger partial charge >= 0.3 is 23.5 Å². The summed E-state index contributed by atoms with van der Waals surface area (Å²) in [5.74, 6) is -0.677. The SMILES string of the molecule is Cc1[nH]c2nc(=S)c([C@@H]3O[C@H](COP(=O)(O)OP(=O)(O)OP(=O)(O)O)C(O)[C@@H]3O)cc-2nc1F. The molecule has 0 spiro atoms. The first kappa shape index (κ1) is 27.5. The number of fused-ring (bicyclic) bond motifs is 1. The average molecular weight is 567 g/mol. The second-order valence-electron chi connectivity index (χ2n) is 6.87. The minimum absolute atomic E-state index is 0.0219. The fourth-order valence-corrected chi connectivity index (χ4v) is 6.21. The molecule has 0 amide bonds. The van der Waals surface area contributed by atoms with Gasteiger partial charge in [-0.1, -0.05) is 12.2 Å². The number of aliphatic hydroxyl groups is 2. The van der Waals surface area contributed by atoms with Gasteiger partial charge in [-0.15, -0.1) is 0 Å². The molecule has 16 nitrogen and oxygen atoms in total. The maximum atomic E-state index is 13.8. The van der Waals surface area contributed by atoms with Crippen LogP contribution in [0.5, 0.6) is 0 Å². The number of aromatic amines is 1. The molecule has 0 aromatic rings. The van der Waals surface area contributed by atoms with Crippen molar-refractivity contribution in [2.75, 3.05) is 6.61 Å². The Morgan fingerprint density at radius 1 is 1.12 bits per heavy atom. The zero-order valence-electron chi connectivity index (χ0n) is 16.7. The van der Waals surface area contributed by atoms with Crippen LogP contribution in [0, 0.1) is 17.5 Å². The van der Waals surface area contributed by atoms with Crippen molar-refractivity contribution < 1.29 is 65.8 Å². The van der Waals surface area contributed by atoms with Crippen LogP contribution in [-0.2, 0) is 31.6 Å². The standard InChI is InChI=1S/C13H17FN3O13P3S/c1-4-11(14)16-6-2-5(13(34)17-12(6)15-4)10-9(19)8(18)7(28-10)3-27-32(23,24)30-33(25,26)29-31(20,21)22/h2,7-10,18-19H,3H2,1H3,(H,23,24)(H,25,26)(H,15,17,34)(H2,20,21,22)/t7-,8?,9+,10+/m1/s1. The van der Waals surface area contributed by atoms with Crippen LogP contribution in [0.4, 0.5) is 4.39 Å². The lowest BCUT2D eigenvalue weighted by Gasteiger charge is -2.19. The Kier molecular flexibility index (Phi) is 7.90. The van der Waals surface area contributed by atoms with Gasteiger partial charge in [0.05, 0.1) is 12.3 Å². The van der Waals surface area contributed by atoms with E-state index in [2.05, 4.69) is 28.1 Å². The Morgan fingerprint density at radius 3 is 2.38 bits per heavy atom. The lowest BCUT2D eigenvalue weighted by atomic mass is 10.0. The molecule has 190 valence electrons. The summed E-state index contributed by atoms with van der Waals surface area (Å²) in [6, 6.07) is 1.26. The number of hydrogen-bond acceptors (Lipinski definition) is 12. The highest BCUT2D eigenvalue weighted by atomic mass is 32.1. The maximum Gasteiger partial charge on any atom is 0.490 e. The quantitative estimate of drug-likeness (QED) is 0.170. The summed E-state index contributed by atoms with van der Waals surface area (Å²) in [6.07, 6.45) is -6.30. The van der Waals surface area contributed by atoms with Gasteiger partial charge in [0.1, 0.15) is 34.8 Å². The number of aromatic nitrogens is 3. The topological polar surface area (TPSA) is 251 Å². The highest BCUT2D eigenvalue weighted by Crippen LogP contribution is 2.66. The Hall–Kier alpha value is -1.07. The molecule has 34 heavy (non-hydrogen) atoms. The van der Waals surface area contributed by atoms with Crippen molar-refractivity contribution in [2.24, 2.45) is 0 Å². The molecule has 3 aliphatic rings. The van der Waals surface area contributed by atoms with Crippen LogP contribution in [0.15, 0.2) is 6.07 Å². The number of pyridine rings is 1. The van der Waals surface area contributed by atoms with Crippen molar-refractivity contribution in [3.8, 4) is 11.5 Å². The lowest BCUT2D eigenvalue weighted by molar-refractivity contribution is -0.0224. The predicted molar refractivity (Wildman–Crippen MR) is 108 cm³/mol. The normalized spacial score (nSPS) is 26.9. The summed E-state index contributed by atoms with van der Waals surface area (Å²) in [7, 11) is -16.8. The number of rotatable bonds is 8. The van der Waals surface area contributed by atoms with Gasteiger partial charge in [0.2, 0.25) is 5.95 Å². The molecular weight excluding hydrogens is 550 g/mol. The summed E-state index contributed by atoms with van der Waals surface area (Å²) in [5, 5.41) is 20.6. The minimum Gasteiger partial charge on any atom is -0.387 e. The molecular formula is C13H17FN3O13P3S. The second kappa shape index (κ2) is 9.76. The number of halogens is 1. The van der Waals surface area contributed by atoms with Gasteiger partial charge in [-0.05, 0) is 13.0 Å². The summed E-state index contributed by atoms with van der Waals surface area (Å²) in [4.78, 5) is 46.1. The summed E-state index contributed by atoms with van der Waals surface area (Å²) >= 11 is 5.15. The molecule has 0 saturated carbocycles. The van der Waals surface area contributed by atoms with Crippen LogP contribution < -0.4 is 0 Å². The molecule has 7 N–H and O–H groups in total. The summed E-state index contributed by atoms with van der Waals surface area (Å²) < 4.78 is 64.5. The Bertz CT molecular complexity index is 1260. The number of aryl methyl sites for hydroxylation is 1. The van der Waals surface area contributed by atoms with Gasteiger partial charge in [0, 0.05) is 5.56 Å². The third-order valence-electron chi connectivity index (χ3n) is 4.32. The highest BCUT2D eigenvalue weighted by molar-refractivity contribution is 7.71. The van der Waals surface area contributed by atoms with Crippen LogP contribution in [0.1, 0.15) is 17.4 Å². The first-order valence-electron chi connectivity index (χ1n) is 8.85. The average Bonchev–Trinajstić information content (AvgIpc) is 2.93. The lowest BCUT2D eigenvalue weighted by Crippen LogP contribution is -2.33. The highest BCUT2D eigenvalue weighted by Gasteiger charge is 2.46. The van der Waals surface area contributed by atoms with E-state index >= 15 is 0 Å². The van der Waals surface area contributed by atoms with Crippen molar-refractivity contribution in [2.45, 2.75) is 31.3 Å². The van der Waals surface area contributed by atoms with Gasteiger partial charge in [-0.2, -0.15) is 13.0 Å². The van der Waals surface area contributed by atoms with Crippen molar-refractivity contribution in [3.05, 3.63) is 27.9 Å². The third-order valence-corrected chi connectivity index (χ3v) is 8.45. The molecule has 3 rings (SSSR count). The van der Waals surface area contributed by atoms with Gasteiger partial charge in [-0.3, -0.25) is 4.52 Å². The van der Waals surface area contributed by atoms with E-state index in [0.717, 1.165) is 0 Å². The fraction of sp³-hybridized carbons (Fsp3) is 0.462. The minimum atomic E-state index is -5.74. The van der Waals surface area contributed by atoms with Crippen molar-refractivity contribution in [1.82, 2.24) is 15.0 Å². The first-order chi connectivity index (χ1) is 15.5. The monoisotopic (exact) mass is 567 g/mol. The van der Waals surface area contributed by atoms with Crippen molar-refractivity contribution >= 4 is 35.7 Å². The molecule has 21 heteroatoms. The summed E-state index contributed by atoms with van der Waals surface area (Å²) in [6.45, 7) is 0.412. The Labute approximate surface area is 194 Å². The molecule has 0 bridgehead atoms. The van der Waals surface area contributed by atoms with Crippen LogP contribution in [0.25, 0.3) is 11.5 Å². The van der Waals surface area contributed by atoms with E-state index in [1.165, 1.54) is 13.0 Å². The number of H-pyrrole nitrogens is 1. The van der Waals surface area contributed by atoms with Crippen molar-refractivity contribution in [3.63, 3.8) is 0 Å². The molecule has 3 heterocycles. The number of phosphoric acid groups is 3. The zero-order valence-corrected chi connectivity index (χ0v) is 20.2. The second-order valence-corrected chi connectivity index (χ2v) is 11.7. The molecule has 6 atom stereocenters. The number of nitrogens with zero attached hydrogens (tertiary/aromatic N) is 2. The number of nitrogens with one attached hydrogen (secondary N) is 1. The molecule has 0 radical (unpaired) electrons. The van der Waals surface area contributed by atoms with Crippen LogP contribution in [0.2, 0.25) is 0 Å². The van der Waals surface area contributed by atoms with E-state index in [0.29, 0.717) is 0 Å². The molecule has 0 aromatic heterocycles. The van der Waals surface area contributed by atoms with E-state index in [4.69, 9.17) is 31.6 Å².